The van der Waals surface area contributed by atoms with Crippen molar-refractivity contribution in [1.82, 2.24) is 9.88 Å². The third-order valence-electron chi connectivity index (χ3n) is 3.63. The molecular formula is C17H24N3O2+. The molecule has 0 aliphatic rings. The number of aromatic nitrogens is 2. The molecular weight excluding hydrogens is 278 g/mol. The van der Waals surface area contributed by atoms with Crippen LogP contribution in [0.25, 0.3) is 0 Å². The Kier molecular flexibility index (Phi) is 5.72. The fraction of sp³-hybridized carbons (Fsp3) is 0.412. The molecule has 0 saturated heterocycles. The first-order valence-electron chi connectivity index (χ1n) is 7.57. The molecule has 2 N–H and O–H groups in total. The lowest BCUT2D eigenvalue weighted by atomic mass is 10.1. The van der Waals surface area contributed by atoms with Crippen LogP contribution in [-0.4, -0.2) is 28.2 Å². The highest BCUT2D eigenvalue weighted by Crippen LogP contribution is 2.01. The fourth-order valence-corrected chi connectivity index (χ4v) is 2.26. The van der Waals surface area contributed by atoms with Crippen LogP contribution in [0.5, 0.6) is 0 Å². The Morgan fingerprint density at radius 2 is 2.05 bits per heavy atom. The highest BCUT2D eigenvalue weighted by Gasteiger charge is 2.17. The Hall–Kier alpha value is -2.14. The van der Waals surface area contributed by atoms with Crippen molar-refractivity contribution in [2.45, 2.75) is 33.0 Å². The van der Waals surface area contributed by atoms with Gasteiger partial charge in [0.1, 0.15) is 18.9 Å². The van der Waals surface area contributed by atoms with Crippen LogP contribution < -0.4 is 9.88 Å². The molecule has 1 atom stereocenters. The predicted molar refractivity (Wildman–Crippen MR) is 84.0 cm³/mol. The first-order chi connectivity index (χ1) is 10.6. The van der Waals surface area contributed by atoms with Crippen LogP contribution in [0, 0.1) is 5.92 Å². The summed E-state index contributed by atoms with van der Waals surface area (Å²) in [5.74, 6) is 0.122. The molecule has 1 aromatic carbocycles. The highest BCUT2D eigenvalue weighted by atomic mass is 16.3. The van der Waals surface area contributed by atoms with Crippen LogP contribution in [-0.2, 0) is 17.9 Å². The largest absolute Gasteiger partial charge is 0.394 e. The number of hydrogen-bond acceptors (Lipinski definition) is 2. The van der Waals surface area contributed by atoms with Crippen molar-refractivity contribution in [2.24, 2.45) is 5.92 Å². The van der Waals surface area contributed by atoms with Gasteiger partial charge in [-0.3, -0.25) is 4.79 Å². The zero-order valence-electron chi connectivity index (χ0n) is 13.1. The third kappa shape index (κ3) is 4.70. The van der Waals surface area contributed by atoms with Gasteiger partial charge in [0.2, 0.25) is 6.33 Å². The van der Waals surface area contributed by atoms with Gasteiger partial charge in [0.25, 0.3) is 5.91 Å². The summed E-state index contributed by atoms with van der Waals surface area (Å²) in [6.45, 7) is 4.95. The van der Waals surface area contributed by atoms with E-state index < -0.39 is 0 Å². The monoisotopic (exact) mass is 302 g/mol. The fourth-order valence-electron chi connectivity index (χ4n) is 2.26. The van der Waals surface area contributed by atoms with Crippen molar-refractivity contribution in [3.8, 4) is 0 Å². The van der Waals surface area contributed by atoms with Crippen molar-refractivity contribution in [1.29, 1.82) is 0 Å². The summed E-state index contributed by atoms with van der Waals surface area (Å²) in [5, 5.41) is 12.1. The van der Waals surface area contributed by atoms with Crippen LogP contribution in [0.3, 0.4) is 0 Å². The van der Waals surface area contributed by atoms with Crippen LogP contribution in [0.15, 0.2) is 49.1 Å². The number of hydrogen-bond donors (Lipinski definition) is 2. The Bertz CT molecular complexity index is 593. The lowest BCUT2D eigenvalue weighted by molar-refractivity contribution is -0.687. The van der Waals surface area contributed by atoms with E-state index in [1.807, 2.05) is 59.9 Å². The van der Waals surface area contributed by atoms with Gasteiger partial charge in [0.05, 0.1) is 12.6 Å². The minimum Gasteiger partial charge on any atom is -0.394 e. The van der Waals surface area contributed by atoms with E-state index in [1.54, 1.807) is 0 Å². The molecule has 1 heterocycles. The van der Waals surface area contributed by atoms with Crippen LogP contribution >= 0.6 is 0 Å². The van der Waals surface area contributed by atoms with E-state index in [0.717, 1.165) is 6.54 Å². The van der Waals surface area contributed by atoms with Gasteiger partial charge >= 0.3 is 0 Å². The van der Waals surface area contributed by atoms with E-state index in [0.29, 0.717) is 0 Å². The van der Waals surface area contributed by atoms with Gasteiger partial charge in [0, 0.05) is 0 Å². The molecule has 0 fully saturated rings. The first-order valence-corrected chi connectivity index (χ1v) is 7.57. The number of nitrogens with zero attached hydrogens (tertiary/aromatic N) is 2. The molecule has 2 aromatic rings. The molecule has 0 aliphatic carbocycles. The molecule has 0 saturated carbocycles. The molecule has 0 unspecified atom stereocenters. The smallest absolute Gasteiger partial charge is 0.262 e. The number of nitrogens with one attached hydrogen (secondary N) is 1. The lowest BCUT2D eigenvalue weighted by Gasteiger charge is -2.19. The Labute approximate surface area is 131 Å². The predicted octanol–water partition coefficient (Wildman–Crippen LogP) is 0.957. The highest BCUT2D eigenvalue weighted by molar-refractivity contribution is 5.76. The van der Waals surface area contributed by atoms with E-state index in [9.17, 15) is 9.90 Å². The molecule has 0 aliphatic heterocycles. The van der Waals surface area contributed by atoms with Gasteiger partial charge in [-0.25, -0.2) is 9.13 Å². The zero-order chi connectivity index (χ0) is 15.9. The van der Waals surface area contributed by atoms with Crippen molar-refractivity contribution < 1.29 is 14.5 Å². The summed E-state index contributed by atoms with van der Waals surface area (Å²) < 4.78 is 3.88. The van der Waals surface area contributed by atoms with Gasteiger partial charge < -0.3 is 10.4 Å². The second-order valence-electron chi connectivity index (χ2n) is 5.84. The number of rotatable bonds is 7. The van der Waals surface area contributed by atoms with E-state index in [1.165, 1.54) is 5.56 Å². The standard InChI is InChI=1S/C17H23N3O2/c1-14(2)16(12-21)18-17(22)11-20-9-8-19(13-20)10-15-6-4-3-5-7-15/h3-9,13-14,16,21H,10-12H2,1-2H3/p+1/t16-/m1/s1. The summed E-state index contributed by atoms with van der Waals surface area (Å²) in [6.07, 6.45) is 5.74. The molecule has 1 aromatic heterocycles. The van der Waals surface area contributed by atoms with E-state index in [4.69, 9.17) is 0 Å². The Morgan fingerprint density at radius 3 is 2.68 bits per heavy atom. The maximum absolute atomic E-state index is 12.0. The maximum atomic E-state index is 12.0. The van der Waals surface area contributed by atoms with Crippen LogP contribution in [0.4, 0.5) is 0 Å². The summed E-state index contributed by atoms with van der Waals surface area (Å²) in [7, 11) is 0. The summed E-state index contributed by atoms with van der Waals surface area (Å²) in [5.41, 5.74) is 1.22. The second kappa shape index (κ2) is 7.75. The van der Waals surface area contributed by atoms with E-state index >= 15 is 0 Å². The molecule has 0 spiro atoms. The average molecular weight is 302 g/mol. The van der Waals surface area contributed by atoms with Gasteiger partial charge in [0.15, 0.2) is 6.54 Å². The Balaban J connectivity index is 1.90. The van der Waals surface area contributed by atoms with Crippen molar-refractivity contribution in [2.75, 3.05) is 6.61 Å². The number of amides is 1. The molecule has 0 bridgehead atoms. The Morgan fingerprint density at radius 1 is 1.32 bits per heavy atom. The zero-order valence-corrected chi connectivity index (χ0v) is 13.1. The number of carbonyl (C=O) groups is 1. The summed E-state index contributed by atoms with van der Waals surface area (Å²) >= 11 is 0. The average Bonchev–Trinajstić information content (AvgIpc) is 2.92. The van der Waals surface area contributed by atoms with Crippen molar-refractivity contribution >= 4 is 5.91 Å². The topological polar surface area (TPSA) is 58.1 Å². The van der Waals surface area contributed by atoms with E-state index in [2.05, 4.69) is 17.4 Å². The molecule has 22 heavy (non-hydrogen) atoms. The number of imidazole rings is 1. The summed E-state index contributed by atoms with van der Waals surface area (Å²) in [6, 6.07) is 9.98. The van der Waals surface area contributed by atoms with Gasteiger partial charge in [-0.2, -0.15) is 0 Å². The molecule has 2 rings (SSSR count). The van der Waals surface area contributed by atoms with Crippen LogP contribution in [0.2, 0.25) is 0 Å². The van der Waals surface area contributed by atoms with Crippen LogP contribution in [0.1, 0.15) is 19.4 Å². The number of benzene rings is 1. The normalized spacial score (nSPS) is 12.4. The maximum Gasteiger partial charge on any atom is 0.262 e. The minimum absolute atomic E-state index is 0.0386. The molecule has 5 nitrogen and oxygen atoms in total. The number of aliphatic hydroxyl groups is 1. The quantitative estimate of drug-likeness (QED) is 0.748. The van der Waals surface area contributed by atoms with Crippen molar-refractivity contribution in [3.63, 3.8) is 0 Å². The molecule has 1 amide bonds. The van der Waals surface area contributed by atoms with Gasteiger partial charge in [-0.1, -0.05) is 44.2 Å². The number of carbonyl (C=O) groups excluding carboxylic acids is 1. The van der Waals surface area contributed by atoms with E-state index in [-0.39, 0.29) is 31.0 Å². The minimum atomic E-state index is -0.195. The molecule has 5 heteroatoms. The second-order valence-corrected chi connectivity index (χ2v) is 5.84. The first kappa shape index (κ1) is 16.2. The third-order valence-corrected chi connectivity index (χ3v) is 3.63. The molecule has 118 valence electrons. The number of aliphatic hydroxyl groups excluding tert-OH is 1. The molecule has 0 radical (unpaired) electrons. The SMILES string of the molecule is CC(C)[C@@H](CO)NC(=O)Cn1cc[n+](Cc2ccccc2)c1. The van der Waals surface area contributed by atoms with Gasteiger partial charge in [-0.05, 0) is 11.5 Å². The van der Waals surface area contributed by atoms with Gasteiger partial charge in [-0.15, -0.1) is 0 Å². The summed E-state index contributed by atoms with van der Waals surface area (Å²) in [4.78, 5) is 12.0. The lowest BCUT2D eigenvalue weighted by Crippen LogP contribution is -2.42. The van der Waals surface area contributed by atoms with Crippen molar-refractivity contribution in [3.05, 3.63) is 54.6 Å².